The first-order valence-electron chi connectivity index (χ1n) is 6.66. The molecule has 0 fully saturated rings. The first-order chi connectivity index (χ1) is 9.82. The number of esters is 1. The van der Waals surface area contributed by atoms with Crippen molar-refractivity contribution in [3.8, 4) is 0 Å². The molecule has 0 bridgehead atoms. The molecule has 116 valence electrons. The summed E-state index contributed by atoms with van der Waals surface area (Å²) in [5.74, 6) is -0.577. The number of benzene rings is 1. The maximum absolute atomic E-state index is 12.6. The standard InChI is InChI=1S/C15H21NO4S/c1-5-9-16(11-15(17)20-6-2)21(18,19)14-8-7-12(3)13(4)10-14/h5,7-8,10H,1,6,9,11H2,2-4H3. The van der Waals surface area contributed by atoms with E-state index in [0.29, 0.717) is 0 Å². The van der Waals surface area contributed by atoms with Crippen molar-refractivity contribution in [1.29, 1.82) is 0 Å². The average molecular weight is 311 g/mol. The van der Waals surface area contributed by atoms with Crippen LogP contribution in [-0.2, 0) is 19.6 Å². The zero-order chi connectivity index (χ0) is 16.0. The first-order valence-corrected chi connectivity index (χ1v) is 8.10. The van der Waals surface area contributed by atoms with Gasteiger partial charge in [-0.25, -0.2) is 8.42 Å². The van der Waals surface area contributed by atoms with Crippen LogP contribution in [0.1, 0.15) is 18.1 Å². The lowest BCUT2D eigenvalue weighted by molar-refractivity contribution is -0.143. The van der Waals surface area contributed by atoms with Gasteiger partial charge in [-0.05, 0) is 44.0 Å². The number of hydrogen-bond acceptors (Lipinski definition) is 4. The largest absolute Gasteiger partial charge is 0.465 e. The van der Waals surface area contributed by atoms with Gasteiger partial charge in [-0.1, -0.05) is 12.1 Å². The smallest absolute Gasteiger partial charge is 0.321 e. The molecule has 0 aliphatic heterocycles. The molecule has 1 aromatic rings. The van der Waals surface area contributed by atoms with Gasteiger partial charge in [0.2, 0.25) is 10.0 Å². The summed E-state index contributed by atoms with van der Waals surface area (Å²) in [6.45, 7) is 8.90. The Morgan fingerprint density at radius 3 is 2.52 bits per heavy atom. The average Bonchev–Trinajstić information content (AvgIpc) is 2.41. The SMILES string of the molecule is C=CCN(CC(=O)OCC)S(=O)(=O)c1ccc(C)c(C)c1. The maximum atomic E-state index is 12.6. The lowest BCUT2D eigenvalue weighted by Gasteiger charge is -2.20. The summed E-state index contributed by atoms with van der Waals surface area (Å²) in [4.78, 5) is 11.7. The van der Waals surface area contributed by atoms with E-state index in [9.17, 15) is 13.2 Å². The minimum atomic E-state index is -3.75. The van der Waals surface area contributed by atoms with Crippen LogP contribution in [0.15, 0.2) is 35.7 Å². The molecule has 0 aliphatic carbocycles. The minimum Gasteiger partial charge on any atom is -0.465 e. The molecule has 0 saturated carbocycles. The summed E-state index contributed by atoms with van der Waals surface area (Å²) in [7, 11) is -3.75. The number of aryl methyl sites for hydroxylation is 2. The van der Waals surface area contributed by atoms with E-state index in [0.717, 1.165) is 15.4 Å². The number of nitrogens with zero attached hydrogens (tertiary/aromatic N) is 1. The van der Waals surface area contributed by atoms with Crippen LogP contribution in [-0.4, -0.2) is 38.4 Å². The van der Waals surface area contributed by atoms with E-state index < -0.39 is 16.0 Å². The molecule has 0 amide bonds. The number of carbonyl (C=O) groups excluding carboxylic acids is 1. The zero-order valence-electron chi connectivity index (χ0n) is 12.6. The summed E-state index contributed by atoms with van der Waals surface area (Å²) in [5, 5.41) is 0. The highest BCUT2D eigenvalue weighted by molar-refractivity contribution is 7.89. The van der Waals surface area contributed by atoms with Crippen molar-refractivity contribution in [3.63, 3.8) is 0 Å². The minimum absolute atomic E-state index is 0.0497. The predicted octanol–water partition coefficient (Wildman–Crippen LogP) is 2.04. The third-order valence-corrected chi connectivity index (χ3v) is 4.87. The molecule has 0 aromatic heterocycles. The van der Waals surface area contributed by atoms with Crippen molar-refractivity contribution in [2.45, 2.75) is 25.7 Å². The van der Waals surface area contributed by atoms with Crippen molar-refractivity contribution in [2.75, 3.05) is 19.7 Å². The van der Waals surface area contributed by atoms with Gasteiger partial charge < -0.3 is 4.74 Å². The van der Waals surface area contributed by atoms with Crippen LogP contribution >= 0.6 is 0 Å². The van der Waals surface area contributed by atoms with Crippen LogP contribution in [0.4, 0.5) is 0 Å². The lowest BCUT2D eigenvalue weighted by atomic mass is 10.1. The number of ether oxygens (including phenoxy) is 1. The molecule has 1 rings (SSSR count). The molecule has 0 heterocycles. The second-order valence-electron chi connectivity index (χ2n) is 4.64. The van der Waals surface area contributed by atoms with Crippen LogP contribution in [0.5, 0.6) is 0 Å². The summed E-state index contributed by atoms with van der Waals surface area (Å²) >= 11 is 0. The summed E-state index contributed by atoms with van der Waals surface area (Å²) in [6, 6.07) is 4.89. The van der Waals surface area contributed by atoms with Crippen molar-refractivity contribution < 1.29 is 17.9 Å². The Morgan fingerprint density at radius 2 is 2.00 bits per heavy atom. The molecule has 5 nitrogen and oxygen atoms in total. The van der Waals surface area contributed by atoms with Gasteiger partial charge >= 0.3 is 5.97 Å². The van der Waals surface area contributed by atoms with Crippen molar-refractivity contribution in [2.24, 2.45) is 0 Å². The molecular formula is C15H21NO4S. The number of carbonyl (C=O) groups is 1. The third kappa shape index (κ3) is 4.41. The van der Waals surface area contributed by atoms with E-state index in [2.05, 4.69) is 6.58 Å². The fraction of sp³-hybridized carbons (Fsp3) is 0.400. The van der Waals surface area contributed by atoms with Crippen LogP contribution in [0, 0.1) is 13.8 Å². The van der Waals surface area contributed by atoms with Crippen LogP contribution in [0.3, 0.4) is 0 Å². The Bertz CT molecular complexity index is 623. The van der Waals surface area contributed by atoms with Gasteiger partial charge in [0.15, 0.2) is 0 Å². The maximum Gasteiger partial charge on any atom is 0.321 e. The van der Waals surface area contributed by atoms with E-state index in [-0.39, 0.29) is 24.6 Å². The van der Waals surface area contributed by atoms with E-state index >= 15 is 0 Å². The zero-order valence-corrected chi connectivity index (χ0v) is 13.4. The number of hydrogen-bond donors (Lipinski definition) is 0. The number of sulfonamides is 1. The highest BCUT2D eigenvalue weighted by Crippen LogP contribution is 2.19. The fourth-order valence-corrected chi connectivity index (χ4v) is 3.21. The molecule has 1 aromatic carbocycles. The molecule has 21 heavy (non-hydrogen) atoms. The van der Waals surface area contributed by atoms with Crippen LogP contribution in [0.25, 0.3) is 0 Å². The molecule has 0 radical (unpaired) electrons. The van der Waals surface area contributed by atoms with Gasteiger partial charge in [0.05, 0.1) is 11.5 Å². The molecule has 0 spiro atoms. The van der Waals surface area contributed by atoms with Gasteiger partial charge in [-0.3, -0.25) is 4.79 Å². The Balaban J connectivity index is 3.11. The Kier molecular flexibility index (Phi) is 6.11. The predicted molar refractivity (Wildman–Crippen MR) is 81.5 cm³/mol. The molecule has 0 aliphatic rings. The second kappa shape index (κ2) is 7.38. The molecule has 0 atom stereocenters. The summed E-state index contributed by atoms with van der Waals surface area (Å²) in [5.41, 5.74) is 1.89. The van der Waals surface area contributed by atoms with Crippen molar-refractivity contribution in [1.82, 2.24) is 4.31 Å². The van der Waals surface area contributed by atoms with E-state index in [1.165, 1.54) is 6.08 Å². The lowest BCUT2D eigenvalue weighted by Crippen LogP contribution is -2.36. The Morgan fingerprint density at radius 1 is 1.33 bits per heavy atom. The molecular weight excluding hydrogens is 290 g/mol. The van der Waals surface area contributed by atoms with Crippen molar-refractivity contribution in [3.05, 3.63) is 42.0 Å². The van der Waals surface area contributed by atoms with Gasteiger partial charge in [-0.2, -0.15) is 4.31 Å². The second-order valence-corrected chi connectivity index (χ2v) is 6.58. The van der Waals surface area contributed by atoms with Crippen LogP contribution < -0.4 is 0 Å². The topological polar surface area (TPSA) is 63.7 Å². The third-order valence-electron chi connectivity index (χ3n) is 3.06. The molecule has 0 unspecified atom stereocenters. The molecule has 0 saturated heterocycles. The highest BCUT2D eigenvalue weighted by Gasteiger charge is 2.26. The van der Waals surface area contributed by atoms with Gasteiger partial charge in [-0.15, -0.1) is 6.58 Å². The van der Waals surface area contributed by atoms with E-state index in [4.69, 9.17) is 4.74 Å². The van der Waals surface area contributed by atoms with Crippen molar-refractivity contribution >= 4 is 16.0 Å². The first kappa shape index (κ1) is 17.4. The monoisotopic (exact) mass is 311 g/mol. The molecule has 0 N–H and O–H groups in total. The summed E-state index contributed by atoms with van der Waals surface area (Å²) < 4.78 is 31.1. The number of rotatable bonds is 7. The normalized spacial score (nSPS) is 11.4. The van der Waals surface area contributed by atoms with Crippen LogP contribution in [0.2, 0.25) is 0 Å². The fourth-order valence-electron chi connectivity index (χ4n) is 1.77. The van der Waals surface area contributed by atoms with E-state index in [1.54, 1.807) is 25.1 Å². The highest BCUT2D eigenvalue weighted by atomic mass is 32.2. The van der Waals surface area contributed by atoms with Gasteiger partial charge in [0.25, 0.3) is 0 Å². The Hall–Kier alpha value is -1.66. The van der Waals surface area contributed by atoms with E-state index in [1.807, 2.05) is 13.8 Å². The molecule has 6 heteroatoms. The van der Waals surface area contributed by atoms with Gasteiger partial charge in [0.1, 0.15) is 6.54 Å². The van der Waals surface area contributed by atoms with Gasteiger partial charge in [0, 0.05) is 6.54 Å². The quantitative estimate of drug-likeness (QED) is 0.571. The Labute approximate surface area is 126 Å². The summed E-state index contributed by atoms with van der Waals surface area (Å²) in [6.07, 6.45) is 1.44.